The first kappa shape index (κ1) is 27.6. The van der Waals surface area contributed by atoms with Crippen molar-refractivity contribution in [2.75, 3.05) is 0 Å². The van der Waals surface area contributed by atoms with E-state index in [2.05, 4.69) is 40.7 Å². The van der Waals surface area contributed by atoms with Crippen LogP contribution in [0.3, 0.4) is 0 Å². The molecular formula is C29H50O2. The molecule has 0 fully saturated rings. The van der Waals surface area contributed by atoms with E-state index in [9.17, 15) is 10.2 Å². The Morgan fingerprint density at radius 2 is 1.06 bits per heavy atom. The van der Waals surface area contributed by atoms with E-state index in [1.54, 1.807) is 0 Å². The zero-order valence-corrected chi connectivity index (χ0v) is 21.7. The predicted octanol–water partition coefficient (Wildman–Crippen LogP) is 9.11. The Morgan fingerprint density at radius 1 is 0.613 bits per heavy atom. The maximum Gasteiger partial charge on any atom is 0.126 e. The fraction of sp³-hybridized carbons (Fsp3) is 0.724. The summed E-state index contributed by atoms with van der Waals surface area (Å²) in [7, 11) is 0. The van der Waals surface area contributed by atoms with Crippen molar-refractivity contribution < 1.29 is 10.2 Å². The van der Waals surface area contributed by atoms with Crippen molar-refractivity contribution in [1.82, 2.24) is 0 Å². The Balaban J connectivity index is 2.34. The van der Waals surface area contributed by atoms with Crippen LogP contribution in [0.15, 0.2) is 6.08 Å². The van der Waals surface area contributed by atoms with Gasteiger partial charge in [0.15, 0.2) is 0 Å². The van der Waals surface area contributed by atoms with Gasteiger partial charge in [-0.3, -0.25) is 0 Å². The third-order valence-corrected chi connectivity index (χ3v) is 7.11. The van der Waals surface area contributed by atoms with Gasteiger partial charge in [0.1, 0.15) is 11.5 Å². The van der Waals surface area contributed by atoms with Crippen molar-refractivity contribution in [2.24, 2.45) is 23.7 Å². The third-order valence-electron chi connectivity index (χ3n) is 7.11. The number of rotatable bonds is 14. The Labute approximate surface area is 193 Å². The monoisotopic (exact) mass is 430 g/mol. The SMILES string of the molecule is Cc1c(C)c(O)c(C=C[C@@H](C)CCC[C@H](C)CCC[C@H](C)CCCC(C)C)c(C)c1O. The van der Waals surface area contributed by atoms with E-state index in [-0.39, 0.29) is 0 Å². The fourth-order valence-corrected chi connectivity index (χ4v) is 4.47. The second-order valence-corrected chi connectivity index (χ2v) is 10.7. The normalized spacial score (nSPS) is 15.0. The highest BCUT2D eigenvalue weighted by Gasteiger charge is 2.14. The molecule has 1 aromatic rings. The summed E-state index contributed by atoms with van der Waals surface area (Å²) in [4.78, 5) is 0. The van der Waals surface area contributed by atoms with Crippen LogP contribution in [0.4, 0.5) is 0 Å². The van der Waals surface area contributed by atoms with Gasteiger partial charge in [0.25, 0.3) is 0 Å². The van der Waals surface area contributed by atoms with Crippen LogP contribution >= 0.6 is 0 Å². The number of aromatic hydroxyl groups is 2. The molecule has 0 unspecified atom stereocenters. The number of benzene rings is 1. The number of hydrogen-bond donors (Lipinski definition) is 2. The zero-order chi connectivity index (χ0) is 23.6. The zero-order valence-electron chi connectivity index (χ0n) is 21.7. The van der Waals surface area contributed by atoms with Crippen LogP contribution in [0.1, 0.15) is 115 Å². The lowest BCUT2D eigenvalue weighted by Gasteiger charge is -2.16. The quantitative estimate of drug-likeness (QED) is 0.289. The molecule has 0 saturated carbocycles. The number of hydrogen-bond acceptors (Lipinski definition) is 2. The van der Waals surface area contributed by atoms with Crippen molar-refractivity contribution in [3.05, 3.63) is 28.3 Å². The molecule has 0 amide bonds. The summed E-state index contributed by atoms with van der Waals surface area (Å²) < 4.78 is 0. The molecule has 2 N–H and O–H groups in total. The number of phenols is 2. The highest BCUT2D eigenvalue weighted by Crippen LogP contribution is 2.37. The average molecular weight is 431 g/mol. The van der Waals surface area contributed by atoms with E-state index in [4.69, 9.17) is 0 Å². The van der Waals surface area contributed by atoms with Crippen LogP contribution in [-0.4, -0.2) is 10.2 Å². The topological polar surface area (TPSA) is 40.5 Å². The average Bonchev–Trinajstić information content (AvgIpc) is 2.70. The summed E-state index contributed by atoms with van der Waals surface area (Å²) in [6, 6.07) is 0. The molecule has 0 saturated heterocycles. The number of phenolic OH excluding ortho intramolecular Hbond substituents is 2. The van der Waals surface area contributed by atoms with Gasteiger partial charge in [0.05, 0.1) is 0 Å². The fourth-order valence-electron chi connectivity index (χ4n) is 4.47. The Kier molecular flexibility index (Phi) is 12.3. The smallest absolute Gasteiger partial charge is 0.126 e. The molecule has 3 atom stereocenters. The van der Waals surface area contributed by atoms with Gasteiger partial charge in [-0.2, -0.15) is 0 Å². The summed E-state index contributed by atoms with van der Waals surface area (Å²) in [5, 5.41) is 20.8. The van der Waals surface area contributed by atoms with Crippen LogP contribution in [-0.2, 0) is 0 Å². The maximum atomic E-state index is 10.5. The molecule has 0 aromatic heterocycles. The molecule has 31 heavy (non-hydrogen) atoms. The van der Waals surface area contributed by atoms with Gasteiger partial charge in [-0.15, -0.1) is 0 Å². The van der Waals surface area contributed by atoms with Crippen molar-refractivity contribution in [1.29, 1.82) is 0 Å². The summed E-state index contributed by atoms with van der Waals surface area (Å²) in [6.07, 6.45) is 16.2. The van der Waals surface area contributed by atoms with Gasteiger partial charge in [-0.1, -0.05) is 98.1 Å². The summed E-state index contributed by atoms with van der Waals surface area (Å²) in [5.74, 6) is 3.58. The lowest BCUT2D eigenvalue weighted by Crippen LogP contribution is -2.01. The lowest BCUT2D eigenvalue weighted by molar-refractivity contribution is 0.383. The first-order valence-electron chi connectivity index (χ1n) is 12.7. The third kappa shape index (κ3) is 9.71. The minimum atomic E-state index is 0.295. The second-order valence-electron chi connectivity index (χ2n) is 10.7. The van der Waals surface area contributed by atoms with E-state index >= 15 is 0 Å². The Hall–Kier alpha value is -1.44. The first-order valence-corrected chi connectivity index (χ1v) is 12.7. The Morgan fingerprint density at radius 3 is 1.58 bits per heavy atom. The van der Waals surface area contributed by atoms with E-state index in [1.165, 1.54) is 57.8 Å². The van der Waals surface area contributed by atoms with Gasteiger partial charge in [-0.05, 0) is 62.0 Å². The molecular weight excluding hydrogens is 380 g/mol. The minimum Gasteiger partial charge on any atom is -0.507 e. The van der Waals surface area contributed by atoms with Crippen molar-refractivity contribution in [3.8, 4) is 11.5 Å². The maximum absolute atomic E-state index is 10.5. The van der Waals surface area contributed by atoms with Crippen LogP contribution in [0.5, 0.6) is 11.5 Å². The highest BCUT2D eigenvalue weighted by atomic mass is 16.3. The van der Waals surface area contributed by atoms with Crippen LogP contribution < -0.4 is 0 Å². The van der Waals surface area contributed by atoms with Gasteiger partial charge in [0, 0.05) is 11.1 Å². The molecule has 1 aromatic carbocycles. The van der Waals surface area contributed by atoms with E-state index in [0.29, 0.717) is 17.4 Å². The molecule has 2 nitrogen and oxygen atoms in total. The van der Waals surface area contributed by atoms with Crippen molar-refractivity contribution >= 4 is 6.08 Å². The molecule has 0 bridgehead atoms. The Bertz CT molecular complexity index is 657. The van der Waals surface area contributed by atoms with Crippen LogP contribution in [0.25, 0.3) is 6.08 Å². The minimum absolute atomic E-state index is 0.295. The van der Waals surface area contributed by atoms with Gasteiger partial charge in [0.2, 0.25) is 0 Å². The molecule has 178 valence electrons. The largest absolute Gasteiger partial charge is 0.507 e. The first-order chi connectivity index (χ1) is 14.5. The molecule has 0 spiro atoms. The van der Waals surface area contributed by atoms with Gasteiger partial charge >= 0.3 is 0 Å². The molecule has 2 heteroatoms. The number of allylic oxidation sites excluding steroid dienone is 1. The lowest BCUT2D eigenvalue weighted by atomic mass is 9.91. The predicted molar refractivity (Wildman–Crippen MR) is 137 cm³/mol. The molecule has 0 aliphatic heterocycles. The molecule has 0 aliphatic rings. The van der Waals surface area contributed by atoms with Crippen LogP contribution in [0.2, 0.25) is 0 Å². The van der Waals surface area contributed by atoms with E-state index in [1.807, 2.05) is 26.8 Å². The summed E-state index contributed by atoms with van der Waals surface area (Å²) in [6.45, 7) is 17.3. The second kappa shape index (κ2) is 13.9. The van der Waals surface area contributed by atoms with Gasteiger partial charge in [-0.25, -0.2) is 0 Å². The molecule has 0 heterocycles. The summed E-state index contributed by atoms with van der Waals surface area (Å²) in [5.41, 5.74) is 3.04. The van der Waals surface area contributed by atoms with Gasteiger partial charge < -0.3 is 10.2 Å². The van der Waals surface area contributed by atoms with Crippen molar-refractivity contribution in [3.63, 3.8) is 0 Å². The molecule has 1 rings (SSSR count). The standard InChI is InChI=1S/C29H50O2/c1-20(2)12-9-13-21(3)14-10-15-22(4)16-11-17-23(5)18-19-27-26(8)28(30)24(6)25(7)29(27)31/h18-23,30-31H,9-17H2,1-8H3/t21-,22-,23+/m1/s1. The van der Waals surface area contributed by atoms with Crippen molar-refractivity contribution in [2.45, 2.75) is 113 Å². The van der Waals surface area contributed by atoms with Crippen LogP contribution in [0, 0.1) is 44.4 Å². The molecule has 0 radical (unpaired) electrons. The summed E-state index contributed by atoms with van der Waals surface area (Å²) >= 11 is 0. The molecule has 0 aliphatic carbocycles. The highest BCUT2D eigenvalue weighted by molar-refractivity contribution is 5.68. The van der Waals surface area contributed by atoms with E-state index in [0.717, 1.165) is 40.0 Å². The van der Waals surface area contributed by atoms with E-state index < -0.39 is 0 Å².